The van der Waals surface area contributed by atoms with Crippen LogP contribution in [0.3, 0.4) is 0 Å². The van der Waals surface area contributed by atoms with Crippen LogP contribution in [-0.4, -0.2) is 63.8 Å². The van der Waals surface area contributed by atoms with Crippen molar-refractivity contribution in [1.29, 1.82) is 0 Å². The maximum atomic E-state index is 12.2. The number of piperazine rings is 1. The van der Waals surface area contributed by atoms with Crippen molar-refractivity contribution in [2.24, 2.45) is 5.92 Å². The van der Waals surface area contributed by atoms with Gasteiger partial charge < -0.3 is 20.3 Å². The number of carboxylic acid groups (broad SMARTS) is 1. The minimum atomic E-state index is -0.890. The Hall–Kier alpha value is -2.32. The number of aliphatic hydroxyl groups is 1. The average Bonchev–Trinajstić information content (AvgIpc) is 3.16. The molecule has 1 saturated carbocycles. The third-order valence-corrected chi connectivity index (χ3v) is 6.09. The first kappa shape index (κ1) is 19.0. The molecule has 2 fully saturated rings. The number of aromatic nitrogens is 2. The van der Waals surface area contributed by atoms with Gasteiger partial charge in [0.25, 0.3) is 0 Å². The van der Waals surface area contributed by atoms with Crippen LogP contribution in [0.25, 0.3) is 10.9 Å². The van der Waals surface area contributed by atoms with Crippen molar-refractivity contribution in [3.05, 3.63) is 24.4 Å². The minimum Gasteiger partial charge on any atom is -0.491 e. The third-order valence-electron chi connectivity index (χ3n) is 6.09. The lowest BCUT2D eigenvalue weighted by atomic mass is 9.78. The first-order valence-electron chi connectivity index (χ1n) is 10.1. The molecule has 1 aromatic heterocycles. The molecule has 1 atom stereocenters. The number of amides is 1. The van der Waals surface area contributed by atoms with E-state index < -0.39 is 11.8 Å². The number of hydrogen-bond donors (Lipinski definition) is 3. The summed E-state index contributed by atoms with van der Waals surface area (Å²) in [6.07, 6.45) is 6.54. The van der Waals surface area contributed by atoms with E-state index in [0.717, 1.165) is 36.6 Å². The Bertz CT molecular complexity index is 833. The Labute approximate surface area is 164 Å². The number of carbonyl (C=O) groups is 1. The van der Waals surface area contributed by atoms with Gasteiger partial charge in [-0.25, -0.2) is 9.48 Å². The topological polar surface area (TPSA) is 99.9 Å². The Kier molecular flexibility index (Phi) is 5.41. The maximum Gasteiger partial charge on any atom is 0.409 e. The Morgan fingerprint density at radius 3 is 2.89 bits per heavy atom. The van der Waals surface area contributed by atoms with Crippen LogP contribution >= 0.6 is 0 Å². The highest BCUT2D eigenvalue weighted by Gasteiger charge is 2.50. The van der Waals surface area contributed by atoms with E-state index >= 15 is 0 Å². The summed E-state index contributed by atoms with van der Waals surface area (Å²) in [6, 6.07) is 5.63. The van der Waals surface area contributed by atoms with Gasteiger partial charge in [0.15, 0.2) is 5.66 Å². The first-order chi connectivity index (χ1) is 13.6. The summed E-state index contributed by atoms with van der Waals surface area (Å²) >= 11 is 0. The molecular formula is C20H28N4O4. The number of fused-ring (bicyclic) bond motifs is 1. The van der Waals surface area contributed by atoms with Crippen LogP contribution in [0.15, 0.2) is 24.4 Å². The second-order valence-electron chi connectivity index (χ2n) is 7.69. The summed E-state index contributed by atoms with van der Waals surface area (Å²) < 4.78 is 7.38. The van der Waals surface area contributed by atoms with E-state index in [-0.39, 0.29) is 19.1 Å². The van der Waals surface area contributed by atoms with Crippen LogP contribution in [-0.2, 0) is 5.66 Å². The predicted octanol–water partition coefficient (Wildman–Crippen LogP) is 2.22. The van der Waals surface area contributed by atoms with Gasteiger partial charge in [-0.05, 0) is 25.0 Å². The molecule has 3 N–H and O–H groups in total. The fourth-order valence-corrected chi connectivity index (χ4v) is 4.78. The Morgan fingerprint density at radius 1 is 1.32 bits per heavy atom. The summed E-state index contributed by atoms with van der Waals surface area (Å²) in [5.41, 5.74) is 0.0527. The molecular weight excluding hydrogens is 360 g/mol. The lowest BCUT2D eigenvalue weighted by Gasteiger charge is -2.51. The van der Waals surface area contributed by atoms with E-state index in [1.807, 2.05) is 29.1 Å². The molecule has 1 unspecified atom stereocenters. The zero-order chi connectivity index (χ0) is 19.6. The molecule has 8 heteroatoms. The molecule has 0 spiro atoms. The zero-order valence-electron chi connectivity index (χ0n) is 16.0. The van der Waals surface area contributed by atoms with Crippen LogP contribution in [0.4, 0.5) is 4.79 Å². The van der Waals surface area contributed by atoms with Gasteiger partial charge in [0.2, 0.25) is 0 Å². The average molecular weight is 388 g/mol. The number of aliphatic hydroxyl groups excluding tert-OH is 1. The van der Waals surface area contributed by atoms with Crippen LogP contribution in [0, 0.1) is 5.92 Å². The number of benzene rings is 1. The van der Waals surface area contributed by atoms with Crippen LogP contribution in [0.5, 0.6) is 5.75 Å². The van der Waals surface area contributed by atoms with Crippen molar-refractivity contribution in [1.82, 2.24) is 20.0 Å². The van der Waals surface area contributed by atoms with E-state index in [1.54, 1.807) is 4.90 Å². The molecule has 28 heavy (non-hydrogen) atoms. The fraction of sp³-hybridized carbons (Fsp3) is 0.600. The molecule has 2 aromatic rings. The molecule has 0 bridgehead atoms. The van der Waals surface area contributed by atoms with Crippen molar-refractivity contribution in [2.45, 2.75) is 37.8 Å². The molecule has 1 saturated heterocycles. The smallest absolute Gasteiger partial charge is 0.409 e. The lowest BCUT2D eigenvalue weighted by Crippen LogP contribution is -2.67. The molecule has 1 aliphatic carbocycles. The molecule has 0 radical (unpaired) electrons. The van der Waals surface area contributed by atoms with Gasteiger partial charge in [0.05, 0.1) is 12.1 Å². The molecule has 1 aromatic carbocycles. The quantitative estimate of drug-likeness (QED) is 0.726. The van der Waals surface area contributed by atoms with Crippen LogP contribution < -0.4 is 10.1 Å². The molecule has 1 amide bonds. The normalized spacial score (nSPS) is 23.8. The van der Waals surface area contributed by atoms with Crippen molar-refractivity contribution < 1.29 is 19.7 Å². The Balaban J connectivity index is 1.78. The van der Waals surface area contributed by atoms with Gasteiger partial charge >= 0.3 is 6.09 Å². The molecule has 152 valence electrons. The number of hydrogen-bond acceptors (Lipinski definition) is 5. The summed E-state index contributed by atoms with van der Waals surface area (Å²) in [7, 11) is 0. The highest BCUT2D eigenvalue weighted by atomic mass is 16.5. The number of nitrogens with zero attached hydrogens (tertiary/aromatic N) is 3. The standard InChI is InChI=1S/C20H28N4O4/c25-10-11-28-17-7-6-15-13-24(22-18(15)12-17)20(16-4-2-1-3-5-16)14-21-8-9-23(20)19(26)27/h6-7,12-13,16,21,25H,1-5,8-11,14H2,(H,26,27). The summed E-state index contributed by atoms with van der Waals surface area (Å²) in [5.74, 6) is 0.875. The van der Waals surface area contributed by atoms with Crippen molar-refractivity contribution in [2.75, 3.05) is 32.8 Å². The van der Waals surface area contributed by atoms with Crippen LogP contribution in [0.2, 0.25) is 0 Å². The van der Waals surface area contributed by atoms with Crippen molar-refractivity contribution >= 4 is 17.0 Å². The minimum absolute atomic E-state index is 0.0451. The van der Waals surface area contributed by atoms with E-state index in [9.17, 15) is 9.90 Å². The van der Waals surface area contributed by atoms with E-state index in [1.165, 1.54) is 6.42 Å². The van der Waals surface area contributed by atoms with E-state index in [4.69, 9.17) is 14.9 Å². The summed E-state index contributed by atoms with van der Waals surface area (Å²) in [6.45, 7) is 1.85. The van der Waals surface area contributed by atoms with Gasteiger partial charge in [-0.3, -0.25) is 4.90 Å². The predicted molar refractivity (Wildman–Crippen MR) is 104 cm³/mol. The van der Waals surface area contributed by atoms with Gasteiger partial charge in [-0.2, -0.15) is 5.10 Å². The molecule has 1 aliphatic heterocycles. The zero-order valence-corrected chi connectivity index (χ0v) is 16.0. The van der Waals surface area contributed by atoms with Crippen molar-refractivity contribution in [3.63, 3.8) is 0 Å². The van der Waals surface area contributed by atoms with Gasteiger partial charge in [0.1, 0.15) is 12.4 Å². The highest BCUT2D eigenvalue weighted by molar-refractivity contribution is 5.79. The van der Waals surface area contributed by atoms with Crippen LogP contribution in [0.1, 0.15) is 32.1 Å². The lowest BCUT2D eigenvalue weighted by molar-refractivity contribution is -0.0587. The molecule has 2 heterocycles. The van der Waals surface area contributed by atoms with Crippen molar-refractivity contribution in [3.8, 4) is 5.75 Å². The van der Waals surface area contributed by atoms with E-state index in [0.29, 0.717) is 25.4 Å². The maximum absolute atomic E-state index is 12.2. The van der Waals surface area contributed by atoms with Gasteiger partial charge in [-0.15, -0.1) is 0 Å². The number of nitrogens with one attached hydrogen (secondary N) is 1. The van der Waals surface area contributed by atoms with Gasteiger partial charge in [-0.1, -0.05) is 19.3 Å². The highest BCUT2D eigenvalue weighted by Crippen LogP contribution is 2.41. The second-order valence-corrected chi connectivity index (χ2v) is 7.69. The number of rotatable bonds is 5. The molecule has 4 rings (SSSR count). The first-order valence-corrected chi connectivity index (χ1v) is 10.1. The molecule has 2 aliphatic rings. The third kappa shape index (κ3) is 3.31. The summed E-state index contributed by atoms with van der Waals surface area (Å²) in [4.78, 5) is 13.8. The SMILES string of the molecule is O=C(O)N1CCNCC1(C1CCCCC1)n1cc2ccc(OCCO)cc2n1. The monoisotopic (exact) mass is 388 g/mol. The largest absolute Gasteiger partial charge is 0.491 e. The number of ether oxygens (including phenoxy) is 1. The fourth-order valence-electron chi connectivity index (χ4n) is 4.78. The second kappa shape index (κ2) is 7.97. The Morgan fingerprint density at radius 2 is 2.14 bits per heavy atom. The summed E-state index contributed by atoms with van der Waals surface area (Å²) in [5, 5.41) is 28.1. The van der Waals surface area contributed by atoms with E-state index in [2.05, 4.69) is 5.32 Å². The van der Waals surface area contributed by atoms with Gasteiger partial charge in [0, 0.05) is 43.2 Å². The molecule has 8 nitrogen and oxygen atoms in total.